The third-order valence-corrected chi connectivity index (χ3v) is 6.55. The second-order valence-corrected chi connectivity index (χ2v) is 9.67. The Balaban J connectivity index is 1.45. The number of carbonyl (C=O) groups excluding carboxylic acids is 2. The quantitative estimate of drug-likeness (QED) is 0.308. The number of rotatable bonds is 7. The number of carbonyl (C=O) groups is 3. The number of amides is 2. The fraction of sp³-hybridized carbons (Fsp3) is 0.192. The lowest BCUT2D eigenvalue weighted by molar-refractivity contribution is -0.145. The number of halogens is 1. The van der Waals surface area contributed by atoms with Gasteiger partial charge in [0, 0.05) is 20.7 Å². The molecule has 0 aliphatic heterocycles. The van der Waals surface area contributed by atoms with Crippen molar-refractivity contribution >= 4 is 46.2 Å². The summed E-state index contributed by atoms with van der Waals surface area (Å²) in [4.78, 5) is 36.6. The molecule has 0 bridgehead atoms. The zero-order valence-corrected chi connectivity index (χ0v) is 20.9. The normalized spacial score (nSPS) is 13.8. The molecule has 4 rings (SSSR count). The van der Waals surface area contributed by atoms with E-state index in [1.165, 1.54) is 13.0 Å². The molecule has 3 aromatic carbocycles. The monoisotopic (exact) mass is 586 g/mol. The molecular weight excluding hydrogens is 563 g/mol. The van der Waals surface area contributed by atoms with Gasteiger partial charge >= 0.3 is 12.1 Å². The van der Waals surface area contributed by atoms with Gasteiger partial charge in [0.05, 0.1) is 6.61 Å². The Labute approximate surface area is 215 Å². The minimum Gasteiger partial charge on any atom is -0.479 e. The first kappa shape index (κ1) is 24.7. The van der Waals surface area contributed by atoms with Gasteiger partial charge in [0.25, 0.3) is 5.91 Å². The molecule has 8 nitrogen and oxygen atoms in total. The van der Waals surface area contributed by atoms with Crippen molar-refractivity contribution in [1.82, 2.24) is 5.32 Å². The summed E-state index contributed by atoms with van der Waals surface area (Å²) in [5.74, 6) is -2.15. The number of nitrogens with one attached hydrogen (secondary N) is 2. The first-order valence-electron chi connectivity index (χ1n) is 10.8. The highest BCUT2D eigenvalue weighted by Crippen LogP contribution is 2.44. The summed E-state index contributed by atoms with van der Waals surface area (Å²) in [6.07, 6.45) is -0.675. The second kappa shape index (κ2) is 10.0. The van der Waals surface area contributed by atoms with Crippen LogP contribution in [0.15, 0.2) is 66.7 Å². The van der Waals surface area contributed by atoms with Crippen LogP contribution in [-0.4, -0.2) is 46.9 Å². The van der Waals surface area contributed by atoms with E-state index in [4.69, 9.17) is 4.74 Å². The van der Waals surface area contributed by atoms with Gasteiger partial charge in [-0.15, -0.1) is 0 Å². The minimum absolute atomic E-state index is 0.0856. The molecule has 0 saturated heterocycles. The average molecular weight is 586 g/mol. The van der Waals surface area contributed by atoms with E-state index in [9.17, 15) is 24.6 Å². The van der Waals surface area contributed by atoms with E-state index in [-0.39, 0.29) is 18.1 Å². The number of carboxylic acid groups (broad SMARTS) is 1. The Morgan fingerprint density at radius 2 is 1.60 bits per heavy atom. The summed E-state index contributed by atoms with van der Waals surface area (Å²) in [6, 6.07) is 20.7. The number of anilines is 1. The molecule has 180 valence electrons. The van der Waals surface area contributed by atoms with Crippen molar-refractivity contribution in [3.05, 3.63) is 87.0 Å². The van der Waals surface area contributed by atoms with Crippen LogP contribution < -0.4 is 10.6 Å². The molecular formula is C26H23IN2O6. The zero-order valence-electron chi connectivity index (χ0n) is 18.7. The van der Waals surface area contributed by atoms with Crippen LogP contribution in [0.3, 0.4) is 0 Å². The van der Waals surface area contributed by atoms with Crippen LogP contribution in [0.2, 0.25) is 0 Å². The third kappa shape index (κ3) is 5.15. The SMILES string of the molecule is CC(CO)(NC(=O)c1cc(I)cc(NC(=O)OCC2c3ccccc3-c3ccccc32)c1)C(=O)O. The first-order valence-corrected chi connectivity index (χ1v) is 11.9. The molecule has 0 saturated carbocycles. The molecule has 35 heavy (non-hydrogen) atoms. The van der Waals surface area contributed by atoms with Gasteiger partial charge in [0.1, 0.15) is 6.61 Å². The molecule has 0 fully saturated rings. The van der Waals surface area contributed by atoms with Crippen LogP contribution >= 0.6 is 22.6 Å². The van der Waals surface area contributed by atoms with Gasteiger partial charge in [-0.25, -0.2) is 9.59 Å². The molecule has 9 heteroatoms. The molecule has 0 spiro atoms. The number of ether oxygens (including phenoxy) is 1. The molecule has 1 unspecified atom stereocenters. The maximum absolute atomic E-state index is 12.6. The topological polar surface area (TPSA) is 125 Å². The number of aliphatic carboxylic acids is 1. The number of hydrogen-bond acceptors (Lipinski definition) is 5. The number of hydrogen-bond donors (Lipinski definition) is 4. The van der Waals surface area contributed by atoms with Crippen LogP contribution in [0, 0.1) is 3.57 Å². The fourth-order valence-corrected chi connectivity index (χ4v) is 4.70. The summed E-state index contributed by atoms with van der Waals surface area (Å²) in [6.45, 7) is 0.574. The van der Waals surface area contributed by atoms with Crippen LogP contribution in [0.4, 0.5) is 10.5 Å². The molecule has 3 aromatic rings. The Bertz CT molecular complexity index is 1270. The summed E-state index contributed by atoms with van der Waals surface area (Å²) in [5, 5.41) is 23.6. The Morgan fingerprint density at radius 1 is 1.00 bits per heavy atom. The van der Waals surface area contributed by atoms with Crippen molar-refractivity contribution in [2.75, 3.05) is 18.5 Å². The molecule has 0 aromatic heterocycles. The van der Waals surface area contributed by atoms with E-state index < -0.39 is 30.1 Å². The van der Waals surface area contributed by atoms with Gasteiger partial charge in [-0.3, -0.25) is 10.1 Å². The van der Waals surface area contributed by atoms with Crippen LogP contribution in [-0.2, 0) is 9.53 Å². The van der Waals surface area contributed by atoms with Gasteiger partial charge in [-0.05, 0) is 70.0 Å². The lowest BCUT2D eigenvalue weighted by Gasteiger charge is -2.23. The highest BCUT2D eigenvalue weighted by molar-refractivity contribution is 14.1. The first-order chi connectivity index (χ1) is 16.7. The summed E-state index contributed by atoms with van der Waals surface area (Å²) >= 11 is 1.99. The van der Waals surface area contributed by atoms with Gasteiger partial charge in [-0.1, -0.05) is 48.5 Å². The van der Waals surface area contributed by atoms with Gasteiger partial charge in [-0.2, -0.15) is 0 Å². The Kier molecular flexibility index (Phi) is 7.08. The lowest BCUT2D eigenvalue weighted by Crippen LogP contribution is -2.54. The van der Waals surface area contributed by atoms with Crippen molar-refractivity contribution in [1.29, 1.82) is 0 Å². The summed E-state index contributed by atoms with van der Waals surface area (Å²) < 4.78 is 6.19. The number of benzene rings is 3. The third-order valence-electron chi connectivity index (χ3n) is 5.93. The number of carboxylic acids is 1. The van der Waals surface area contributed by atoms with E-state index >= 15 is 0 Å². The number of aliphatic hydroxyl groups excluding tert-OH is 1. The van der Waals surface area contributed by atoms with E-state index in [0.717, 1.165) is 22.3 Å². The molecule has 0 heterocycles. The fourth-order valence-electron chi connectivity index (χ4n) is 4.03. The van der Waals surface area contributed by atoms with Gasteiger partial charge in [0.2, 0.25) is 0 Å². The number of aliphatic hydroxyl groups is 1. The van der Waals surface area contributed by atoms with Crippen LogP contribution in [0.5, 0.6) is 0 Å². The predicted octanol–water partition coefficient (Wildman–Crippen LogP) is 4.22. The molecule has 1 atom stereocenters. The summed E-state index contributed by atoms with van der Waals surface area (Å²) in [5.41, 5.74) is 3.06. The molecule has 2 amide bonds. The van der Waals surface area contributed by atoms with Gasteiger partial charge < -0.3 is 20.3 Å². The standard InChI is InChI=1S/C26H23IN2O6/c1-26(14-30,24(32)33)29-23(31)15-10-16(27)12-17(11-15)28-25(34)35-13-22-20-8-4-2-6-18(20)19-7-3-5-9-21(19)22/h2-12,22,30H,13-14H2,1H3,(H,28,34)(H,29,31)(H,32,33). The van der Waals surface area contributed by atoms with Crippen molar-refractivity contribution in [2.45, 2.75) is 18.4 Å². The highest BCUT2D eigenvalue weighted by Gasteiger charge is 2.34. The molecule has 1 aliphatic carbocycles. The predicted molar refractivity (Wildman–Crippen MR) is 138 cm³/mol. The molecule has 1 aliphatic rings. The largest absolute Gasteiger partial charge is 0.479 e. The van der Waals surface area contributed by atoms with Crippen molar-refractivity contribution < 1.29 is 29.3 Å². The maximum atomic E-state index is 12.6. The minimum atomic E-state index is -1.83. The second-order valence-electron chi connectivity index (χ2n) is 8.43. The number of fused-ring (bicyclic) bond motifs is 3. The van der Waals surface area contributed by atoms with E-state index in [1.807, 2.05) is 59.0 Å². The molecule has 4 N–H and O–H groups in total. The van der Waals surface area contributed by atoms with E-state index in [0.29, 0.717) is 9.26 Å². The van der Waals surface area contributed by atoms with E-state index in [1.54, 1.807) is 12.1 Å². The van der Waals surface area contributed by atoms with Crippen molar-refractivity contribution in [3.63, 3.8) is 0 Å². The Hall–Kier alpha value is -3.44. The van der Waals surface area contributed by atoms with Crippen molar-refractivity contribution in [2.24, 2.45) is 0 Å². The zero-order chi connectivity index (χ0) is 25.2. The van der Waals surface area contributed by atoms with Crippen LogP contribution in [0.25, 0.3) is 11.1 Å². The maximum Gasteiger partial charge on any atom is 0.411 e. The van der Waals surface area contributed by atoms with Crippen LogP contribution in [0.1, 0.15) is 34.3 Å². The van der Waals surface area contributed by atoms with Crippen molar-refractivity contribution in [3.8, 4) is 11.1 Å². The van der Waals surface area contributed by atoms with E-state index in [2.05, 4.69) is 22.8 Å². The summed E-state index contributed by atoms with van der Waals surface area (Å²) in [7, 11) is 0. The Morgan fingerprint density at radius 3 is 2.17 bits per heavy atom. The smallest absolute Gasteiger partial charge is 0.411 e. The molecule has 0 radical (unpaired) electrons. The highest BCUT2D eigenvalue weighted by atomic mass is 127. The average Bonchev–Trinajstić information content (AvgIpc) is 3.16. The lowest BCUT2D eigenvalue weighted by atomic mass is 9.98. The van der Waals surface area contributed by atoms with Gasteiger partial charge in [0.15, 0.2) is 5.54 Å².